The number of amides is 3. The largest absolute Gasteiger partial charge is 0.354 e. The van der Waals surface area contributed by atoms with E-state index in [0.717, 1.165) is 21.1 Å². The molecule has 174 valence electrons. The maximum atomic E-state index is 12.9. The molecule has 33 heavy (non-hydrogen) atoms. The van der Waals surface area contributed by atoms with Gasteiger partial charge in [-0.3, -0.25) is 14.4 Å². The SMILES string of the molecule is Cc1ccc(N2CCC(C(=O)Nc3cccc(S(=O)(=O)N4CCNC(=O)C4)c3)C2=O)cc1C. The molecule has 2 aliphatic heterocycles. The van der Waals surface area contributed by atoms with E-state index in [9.17, 15) is 22.8 Å². The molecule has 1 unspecified atom stereocenters. The molecule has 4 rings (SSSR count). The Labute approximate surface area is 192 Å². The number of nitrogens with one attached hydrogen (secondary N) is 2. The highest BCUT2D eigenvalue weighted by atomic mass is 32.2. The van der Waals surface area contributed by atoms with Crippen LogP contribution >= 0.6 is 0 Å². The summed E-state index contributed by atoms with van der Waals surface area (Å²) >= 11 is 0. The third-order valence-corrected chi connectivity index (χ3v) is 7.91. The van der Waals surface area contributed by atoms with Crippen LogP contribution < -0.4 is 15.5 Å². The number of piperazine rings is 1. The van der Waals surface area contributed by atoms with E-state index in [1.54, 1.807) is 11.0 Å². The Kier molecular flexibility index (Phi) is 6.22. The van der Waals surface area contributed by atoms with Crippen LogP contribution in [-0.4, -0.2) is 56.6 Å². The fraction of sp³-hybridized carbons (Fsp3) is 0.348. The lowest BCUT2D eigenvalue weighted by Crippen LogP contribution is -2.49. The molecule has 2 aromatic rings. The quantitative estimate of drug-likeness (QED) is 0.641. The predicted octanol–water partition coefficient (Wildman–Crippen LogP) is 1.42. The number of aryl methyl sites for hydroxylation is 2. The number of nitrogens with zero attached hydrogens (tertiary/aromatic N) is 2. The molecule has 10 heteroatoms. The summed E-state index contributed by atoms with van der Waals surface area (Å²) in [5.74, 6) is -1.96. The predicted molar refractivity (Wildman–Crippen MR) is 123 cm³/mol. The lowest BCUT2D eigenvalue weighted by molar-refractivity contribution is -0.129. The summed E-state index contributed by atoms with van der Waals surface area (Å²) in [5, 5.41) is 5.27. The highest BCUT2D eigenvalue weighted by molar-refractivity contribution is 7.89. The number of benzene rings is 2. The minimum atomic E-state index is -3.89. The molecule has 0 aromatic heterocycles. The van der Waals surface area contributed by atoms with Crippen molar-refractivity contribution in [1.29, 1.82) is 0 Å². The number of carbonyl (C=O) groups excluding carboxylic acids is 3. The first kappa shape index (κ1) is 22.9. The summed E-state index contributed by atoms with van der Waals surface area (Å²) in [6.45, 7) is 4.58. The van der Waals surface area contributed by atoms with Crippen LogP contribution in [0.2, 0.25) is 0 Å². The van der Waals surface area contributed by atoms with Gasteiger partial charge in [-0.05, 0) is 61.7 Å². The average molecular weight is 471 g/mol. The van der Waals surface area contributed by atoms with Crippen LogP contribution in [0.4, 0.5) is 11.4 Å². The zero-order valence-corrected chi connectivity index (χ0v) is 19.3. The molecule has 2 fully saturated rings. The molecule has 3 amide bonds. The van der Waals surface area contributed by atoms with Gasteiger partial charge in [-0.1, -0.05) is 12.1 Å². The van der Waals surface area contributed by atoms with Crippen LogP contribution in [0.25, 0.3) is 0 Å². The summed E-state index contributed by atoms with van der Waals surface area (Å²) in [7, 11) is -3.89. The summed E-state index contributed by atoms with van der Waals surface area (Å²) < 4.78 is 26.9. The Hall–Kier alpha value is -3.24. The van der Waals surface area contributed by atoms with E-state index in [1.165, 1.54) is 18.2 Å². The summed E-state index contributed by atoms with van der Waals surface area (Å²) in [6.07, 6.45) is 0.373. The smallest absolute Gasteiger partial charge is 0.243 e. The van der Waals surface area contributed by atoms with E-state index in [2.05, 4.69) is 10.6 Å². The van der Waals surface area contributed by atoms with E-state index in [0.29, 0.717) is 13.0 Å². The van der Waals surface area contributed by atoms with Gasteiger partial charge in [-0.2, -0.15) is 4.31 Å². The normalized spacial score (nSPS) is 19.5. The molecule has 2 aliphatic rings. The molecular weight excluding hydrogens is 444 g/mol. The van der Waals surface area contributed by atoms with Crippen molar-refractivity contribution in [3.05, 3.63) is 53.6 Å². The molecule has 0 radical (unpaired) electrons. The van der Waals surface area contributed by atoms with Crippen molar-refractivity contribution in [1.82, 2.24) is 9.62 Å². The van der Waals surface area contributed by atoms with Gasteiger partial charge < -0.3 is 15.5 Å². The zero-order chi connectivity index (χ0) is 23.8. The van der Waals surface area contributed by atoms with Crippen LogP contribution in [0.5, 0.6) is 0 Å². The Bertz CT molecular complexity index is 1230. The maximum Gasteiger partial charge on any atom is 0.243 e. The second kappa shape index (κ2) is 8.95. The minimum Gasteiger partial charge on any atom is -0.354 e. The molecule has 2 heterocycles. The maximum absolute atomic E-state index is 12.9. The standard InChI is InChI=1S/C23H26N4O5S/c1-15-6-7-18(12-16(15)2)27-10-8-20(23(27)30)22(29)25-17-4-3-5-19(13-17)33(31,32)26-11-9-24-21(28)14-26/h3-7,12-13,20H,8-11,14H2,1-2H3,(H,24,28)(H,25,29). The van der Waals surface area contributed by atoms with Gasteiger partial charge in [0, 0.05) is 31.0 Å². The zero-order valence-electron chi connectivity index (χ0n) is 18.5. The fourth-order valence-electron chi connectivity index (χ4n) is 4.01. The highest BCUT2D eigenvalue weighted by Crippen LogP contribution is 2.28. The third kappa shape index (κ3) is 4.62. The molecular formula is C23H26N4O5S. The molecule has 0 bridgehead atoms. The van der Waals surface area contributed by atoms with E-state index >= 15 is 0 Å². The van der Waals surface area contributed by atoms with Crippen LogP contribution in [0, 0.1) is 19.8 Å². The molecule has 0 spiro atoms. The van der Waals surface area contributed by atoms with Gasteiger partial charge >= 0.3 is 0 Å². The summed E-state index contributed by atoms with van der Waals surface area (Å²) in [4.78, 5) is 39.0. The molecule has 2 saturated heterocycles. The lowest BCUT2D eigenvalue weighted by atomic mass is 10.1. The number of sulfonamides is 1. The first-order chi connectivity index (χ1) is 15.7. The average Bonchev–Trinajstić information content (AvgIpc) is 3.17. The summed E-state index contributed by atoms with van der Waals surface area (Å²) in [5.41, 5.74) is 3.23. The van der Waals surface area contributed by atoms with Gasteiger partial charge in [0.1, 0.15) is 5.92 Å². The summed E-state index contributed by atoms with van der Waals surface area (Å²) in [6, 6.07) is 11.6. The van der Waals surface area contributed by atoms with Crippen molar-refractivity contribution < 1.29 is 22.8 Å². The van der Waals surface area contributed by atoms with Crippen molar-refractivity contribution >= 4 is 39.1 Å². The van der Waals surface area contributed by atoms with Gasteiger partial charge in [0.2, 0.25) is 27.7 Å². The first-order valence-electron chi connectivity index (χ1n) is 10.7. The number of anilines is 2. The van der Waals surface area contributed by atoms with Crippen molar-refractivity contribution in [2.75, 3.05) is 36.4 Å². The van der Waals surface area contributed by atoms with Gasteiger partial charge in [0.05, 0.1) is 11.4 Å². The molecule has 0 saturated carbocycles. The van der Waals surface area contributed by atoms with Gasteiger partial charge in [0.25, 0.3) is 0 Å². The Balaban J connectivity index is 1.47. The van der Waals surface area contributed by atoms with Crippen LogP contribution in [0.3, 0.4) is 0 Å². The Morgan fingerprint density at radius 1 is 1.06 bits per heavy atom. The number of hydrogen-bond acceptors (Lipinski definition) is 5. The first-order valence-corrected chi connectivity index (χ1v) is 12.2. The van der Waals surface area contributed by atoms with Gasteiger partial charge in [-0.25, -0.2) is 8.42 Å². The van der Waals surface area contributed by atoms with Gasteiger partial charge in [0.15, 0.2) is 0 Å². The van der Waals surface area contributed by atoms with Crippen molar-refractivity contribution in [2.24, 2.45) is 5.92 Å². The van der Waals surface area contributed by atoms with Crippen LogP contribution in [0.1, 0.15) is 17.5 Å². The molecule has 0 aliphatic carbocycles. The number of hydrogen-bond donors (Lipinski definition) is 2. The third-order valence-electron chi connectivity index (χ3n) is 6.07. The number of rotatable bonds is 5. The Morgan fingerprint density at radius 2 is 1.85 bits per heavy atom. The van der Waals surface area contributed by atoms with E-state index in [4.69, 9.17) is 0 Å². The van der Waals surface area contributed by atoms with E-state index < -0.39 is 21.8 Å². The van der Waals surface area contributed by atoms with E-state index in [-0.39, 0.29) is 42.0 Å². The highest BCUT2D eigenvalue weighted by Gasteiger charge is 2.38. The van der Waals surface area contributed by atoms with E-state index in [1.807, 2.05) is 32.0 Å². The van der Waals surface area contributed by atoms with Crippen molar-refractivity contribution in [3.8, 4) is 0 Å². The molecule has 2 aromatic carbocycles. The Morgan fingerprint density at radius 3 is 2.58 bits per heavy atom. The molecule has 9 nitrogen and oxygen atoms in total. The topological polar surface area (TPSA) is 116 Å². The fourth-order valence-corrected chi connectivity index (χ4v) is 5.45. The van der Waals surface area contributed by atoms with Crippen molar-refractivity contribution in [3.63, 3.8) is 0 Å². The molecule has 2 N–H and O–H groups in total. The molecule has 1 atom stereocenters. The number of carbonyl (C=O) groups is 3. The van der Waals surface area contributed by atoms with Crippen LogP contribution in [-0.2, 0) is 24.4 Å². The lowest BCUT2D eigenvalue weighted by Gasteiger charge is -2.26. The second-order valence-corrected chi connectivity index (χ2v) is 10.2. The monoisotopic (exact) mass is 470 g/mol. The van der Waals surface area contributed by atoms with Crippen molar-refractivity contribution in [2.45, 2.75) is 25.2 Å². The minimum absolute atomic E-state index is 0.0236. The van der Waals surface area contributed by atoms with Crippen LogP contribution in [0.15, 0.2) is 47.4 Å². The van der Waals surface area contributed by atoms with Gasteiger partial charge in [-0.15, -0.1) is 0 Å². The second-order valence-electron chi connectivity index (χ2n) is 8.31.